The first kappa shape index (κ1) is 20.9. The summed E-state index contributed by atoms with van der Waals surface area (Å²) in [5.74, 6) is 0.392. The average molecular weight is 385 g/mol. The predicted octanol–water partition coefficient (Wildman–Crippen LogP) is 3.65. The number of amides is 1. The van der Waals surface area contributed by atoms with Gasteiger partial charge in [0.2, 0.25) is 0 Å². The molecule has 2 aromatic rings. The smallest absolute Gasteiger partial charge is 0.277 e. The van der Waals surface area contributed by atoms with Crippen LogP contribution in [-0.4, -0.2) is 28.8 Å². The lowest BCUT2D eigenvalue weighted by Gasteiger charge is -2.10. The van der Waals surface area contributed by atoms with E-state index >= 15 is 0 Å². The summed E-state index contributed by atoms with van der Waals surface area (Å²) in [6, 6.07) is 9.98. The third-order valence-corrected chi connectivity index (χ3v) is 4.35. The number of carbonyl (C=O) groups excluding carboxylic acids is 1. The number of hydrazone groups is 1. The van der Waals surface area contributed by atoms with E-state index in [4.69, 9.17) is 4.74 Å². The number of non-ortho nitro benzene ring substituents is 1. The maximum Gasteiger partial charge on any atom is 0.277 e. The Morgan fingerprint density at radius 1 is 1.36 bits per heavy atom. The van der Waals surface area contributed by atoms with Gasteiger partial charge in [0.1, 0.15) is 11.5 Å². The number of nitro groups is 1. The zero-order valence-corrected chi connectivity index (χ0v) is 16.0. The standard InChI is InChI=1S/C20H23N3O5/c1-4-13(2)15-5-7-18(8-6-15)28-12-19(24)22-21-11-16-10-17(23(26)27)9-14(3)20(16)25/h5-11,13,25H,4,12H2,1-3H3,(H,22,24). The average Bonchev–Trinajstić information content (AvgIpc) is 2.69. The van der Waals surface area contributed by atoms with Crippen LogP contribution in [0.25, 0.3) is 0 Å². The molecule has 2 N–H and O–H groups in total. The van der Waals surface area contributed by atoms with Crippen LogP contribution in [0.2, 0.25) is 0 Å². The Kier molecular flexibility index (Phi) is 7.08. The molecule has 0 aliphatic rings. The molecule has 0 spiro atoms. The molecule has 0 aliphatic heterocycles. The lowest BCUT2D eigenvalue weighted by Crippen LogP contribution is -2.24. The summed E-state index contributed by atoms with van der Waals surface area (Å²) in [7, 11) is 0. The molecule has 0 fully saturated rings. The number of phenols is 1. The second-order valence-electron chi connectivity index (χ2n) is 6.42. The number of phenolic OH excluding ortho intramolecular Hbond substituents is 1. The topological polar surface area (TPSA) is 114 Å². The monoisotopic (exact) mass is 385 g/mol. The second kappa shape index (κ2) is 9.50. The van der Waals surface area contributed by atoms with Gasteiger partial charge in [-0.3, -0.25) is 14.9 Å². The lowest BCUT2D eigenvalue weighted by molar-refractivity contribution is -0.384. The molecule has 28 heavy (non-hydrogen) atoms. The molecule has 1 atom stereocenters. The number of nitro benzene ring substituents is 1. The van der Waals surface area contributed by atoms with E-state index < -0.39 is 10.8 Å². The fraction of sp³-hybridized carbons (Fsp3) is 0.300. The quantitative estimate of drug-likeness (QED) is 0.409. The van der Waals surface area contributed by atoms with Crippen molar-refractivity contribution >= 4 is 17.8 Å². The van der Waals surface area contributed by atoms with Crippen molar-refractivity contribution in [1.29, 1.82) is 0 Å². The van der Waals surface area contributed by atoms with Crippen molar-refractivity contribution < 1.29 is 19.6 Å². The van der Waals surface area contributed by atoms with Crippen molar-refractivity contribution in [3.8, 4) is 11.5 Å². The molecular weight excluding hydrogens is 362 g/mol. The zero-order chi connectivity index (χ0) is 20.7. The number of nitrogens with one attached hydrogen (secondary N) is 1. The summed E-state index contributed by atoms with van der Waals surface area (Å²) in [5.41, 5.74) is 3.76. The van der Waals surface area contributed by atoms with Gasteiger partial charge in [-0.15, -0.1) is 0 Å². The Labute approximate surface area is 163 Å². The summed E-state index contributed by atoms with van der Waals surface area (Å²) in [6.45, 7) is 5.56. The van der Waals surface area contributed by atoms with E-state index in [1.165, 1.54) is 17.7 Å². The van der Waals surface area contributed by atoms with Crippen LogP contribution in [-0.2, 0) is 4.79 Å². The van der Waals surface area contributed by atoms with Crippen molar-refractivity contribution in [2.24, 2.45) is 5.10 Å². The second-order valence-corrected chi connectivity index (χ2v) is 6.42. The number of carbonyl (C=O) groups is 1. The van der Waals surface area contributed by atoms with E-state index in [1.54, 1.807) is 6.92 Å². The summed E-state index contributed by atoms with van der Waals surface area (Å²) < 4.78 is 5.41. The molecule has 1 unspecified atom stereocenters. The van der Waals surface area contributed by atoms with Crippen LogP contribution in [0.15, 0.2) is 41.5 Å². The van der Waals surface area contributed by atoms with Gasteiger partial charge in [-0.2, -0.15) is 5.10 Å². The number of hydrogen-bond acceptors (Lipinski definition) is 6. The maximum absolute atomic E-state index is 11.8. The Balaban J connectivity index is 1.91. The largest absolute Gasteiger partial charge is 0.507 e. The minimum atomic E-state index is -0.567. The van der Waals surface area contributed by atoms with E-state index in [0.717, 1.165) is 12.6 Å². The van der Waals surface area contributed by atoms with Gasteiger partial charge in [0.05, 0.1) is 11.1 Å². The molecule has 8 heteroatoms. The van der Waals surface area contributed by atoms with Crippen LogP contribution in [0.3, 0.4) is 0 Å². The molecule has 148 valence electrons. The van der Waals surface area contributed by atoms with Gasteiger partial charge >= 0.3 is 0 Å². The predicted molar refractivity (Wildman–Crippen MR) is 106 cm³/mol. The molecule has 0 aromatic heterocycles. The molecular formula is C20H23N3O5. The molecule has 0 bridgehead atoms. The van der Waals surface area contributed by atoms with Gasteiger partial charge in [-0.25, -0.2) is 5.43 Å². The number of nitrogens with zero attached hydrogens (tertiary/aromatic N) is 2. The highest BCUT2D eigenvalue weighted by Gasteiger charge is 2.12. The van der Waals surface area contributed by atoms with Gasteiger partial charge in [-0.05, 0) is 42.5 Å². The molecule has 8 nitrogen and oxygen atoms in total. The van der Waals surface area contributed by atoms with Crippen molar-refractivity contribution in [2.45, 2.75) is 33.1 Å². The van der Waals surface area contributed by atoms with Crippen molar-refractivity contribution in [2.75, 3.05) is 6.61 Å². The van der Waals surface area contributed by atoms with Crippen molar-refractivity contribution in [3.63, 3.8) is 0 Å². The number of rotatable bonds is 8. The Hall–Kier alpha value is -3.42. The van der Waals surface area contributed by atoms with Crippen molar-refractivity contribution in [1.82, 2.24) is 5.43 Å². The summed E-state index contributed by atoms with van der Waals surface area (Å²) in [6.07, 6.45) is 2.19. The van der Waals surface area contributed by atoms with Crippen LogP contribution in [0.4, 0.5) is 5.69 Å². The van der Waals surface area contributed by atoms with Crippen LogP contribution in [0.1, 0.15) is 42.9 Å². The third-order valence-electron chi connectivity index (χ3n) is 4.35. The first-order chi connectivity index (χ1) is 13.3. The van der Waals surface area contributed by atoms with Gasteiger partial charge < -0.3 is 9.84 Å². The minimum Gasteiger partial charge on any atom is -0.507 e. The van der Waals surface area contributed by atoms with Gasteiger partial charge in [0.25, 0.3) is 11.6 Å². The fourth-order valence-corrected chi connectivity index (χ4v) is 2.47. The van der Waals surface area contributed by atoms with E-state index in [-0.39, 0.29) is 23.6 Å². The molecule has 0 saturated heterocycles. The van der Waals surface area contributed by atoms with Crippen LogP contribution < -0.4 is 10.2 Å². The van der Waals surface area contributed by atoms with Crippen LogP contribution >= 0.6 is 0 Å². The van der Waals surface area contributed by atoms with Crippen LogP contribution in [0.5, 0.6) is 11.5 Å². The summed E-state index contributed by atoms with van der Waals surface area (Å²) >= 11 is 0. The molecule has 1 amide bonds. The van der Waals surface area contributed by atoms with E-state index in [0.29, 0.717) is 17.2 Å². The maximum atomic E-state index is 11.8. The first-order valence-electron chi connectivity index (χ1n) is 8.84. The zero-order valence-electron chi connectivity index (χ0n) is 16.0. The molecule has 0 aliphatic carbocycles. The fourth-order valence-electron chi connectivity index (χ4n) is 2.47. The van der Waals surface area contributed by atoms with E-state index in [9.17, 15) is 20.0 Å². The molecule has 0 radical (unpaired) electrons. The Bertz CT molecular complexity index is 878. The van der Waals surface area contributed by atoms with Gasteiger partial charge in [-0.1, -0.05) is 26.0 Å². The molecule has 0 heterocycles. The first-order valence-corrected chi connectivity index (χ1v) is 8.84. The highest BCUT2D eigenvalue weighted by molar-refractivity contribution is 5.87. The number of ether oxygens (including phenoxy) is 1. The highest BCUT2D eigenvalue weighted by atomic mass is 16.6. The molecule has 2 aromatic carbocycles. The van der Waals surface area contributed by atoms with Crippen molar-refractivity contribution in [3.05, 3.63) is 63.2 Å². The highest BCUT2D eigenvalue weighted by Crippen LogP contribution is 2.26. The van der Waals surface area contributed by atoms with Gasteiger partial charge in [0, 0.05) is 17.7 Å². The normalized spacial score (nSPS) is 12.0. The Morgan fingerprint density at radius 3 is 2.64 bits per heavy atom. The van der Waals surface area contributed by atoms with E-state index in [1.807, 2.05) is 24.3 Å². The van der Waals surface area contributed by atoms with Gasteiger partial charge in [0.15, 0.2) is 6.61 Å². The molecule has 0 saturated carbocycles. The Morgan fingerprint density at radius 2 is 2.04 bits per heavy atom. The third kappa shape index (κ3) is 5.54. The SMILES string of the molecule is CCC(C)c1ccc(OCC(=O)NN=Cc2cc([N+](=O)[O-])cc(C)c2O)cc1. The number of benzene rings is 2. The summed E-state index contributed by atoms with van der Waals surface area (Å²) in [4.78, 5) is 22.2. The van der Waals surface area contributed by atoms with E-state index in [2.05, 4.69) is 24.4 Å². The summed E-state index contributed by atoms with van der Waals surface area (Å²) in [5, 5.41) is 24.6. The number of hydrogen-bond donors (Lipinski definition) is 2. The lowest BCUT2D eigenvalue weighted by atomic mass is 9.99. The van der Waals surface area contributed by atoms with Crippen LogP contribution in [0, 0.1) is 17.0 Å². The minimum absolute atomic E-state index is 0.133. The number of aromatic hydroxyl groups is 1. The number of aryl methyl sites for hydroxylation is 1. The molecule has 2 rings (SSSR count).